The molecule has 0 unspecified atom stereocenters. The van der Waals surface area contributed by atoms with Crippen LogP contribution in [0.25, 0.3) is 0 Å². The van der Waals surface area contributed by atoms with Gasteiger partial charge in [0.25, 0.3) is 0 Å². The highest BCUT2D eigenvalue weighted by molar-refractivity contribution is 7.80. The van der Waals surface area contributed by atoms with Crippen molar-refractivity contribution in [2.75, 3.05) is 40.4 Å². The summed E-state index contributed by atoms with van der Waals surface area (Å²) >= 11 is 0. The molecule has 0 atom stereocenters. The Morgan fingerprint density at radius 2 is 1.42 bits per heavy atom. The lowest BCUT2D eigenvalue weighted by atomic mass is 10.8. The van der Waals surface area contributed by atoms with E-state index in [-0.39, 0.29) is 5.40 Å². The van der Waals surface area contributed by atoms with Gasteiger partial charge in [-0.1, -0.05) is 0 Å². The number of hydrogen-bond acceptors (Lipinski definition) is 3. The highest BCUT2D eigenvalue weighted by Gasteiger charge is 2.33. The van der Waals surface area contributed by atoms with Gasteiger partial charge in [-0.15, -0.1) is 0 Å². The molecule has 0 aromatic heterocycles. The van der Waals surface area contributed by atoms with Crippen LogP contribution in [0.3, 0.4) is 0 Å². The average molecular weight is 212 g/mol. The normalized spacial score (nSPS) is 13.8. The van der Waals surface area contributed by atoms with Crippen molar-refractivity contribution in [3.05, 3.63) is 0 Å². The van der Waals surface area contributed by atoms with Gasteiger partial charge in [0, 0.05) is 7.11 Å². The SMILES string of the molecule is COCC(P(C)(C)=O)P(C)(C)=O. The van der Waals surface area contributed by atoms with Gasteiger partial charge < -0.3 is 13.9 Å². The van der Waals surface area contributed by atoms with Crippen molar-refractivity contribution in [2.45, 2.75) is 5.40 Å². The van der Waals surface area contributed by atoms with Crippen molar-refractivity contribution in [2.24, 2.45) is 0 Å². The Kier molecular flexibility index (Phi) is 4.23. The third-order valence-electron chi connectivity index (χ3n) is 1.75. The van der Waals surface area contributed by atoms with Gasteiger partial charge in [-0.2, -0.15) is 0 Å². The largest absolute Gasteiger partial charge is 0.383 e. The molecule has 0 spiro atoms. The van der Waals surface area contributed by atoms with Crippen molar-refractivity contribution < 1.29 is 13.9 Å². The summed E-state index contributed by atoms with van der Waals surface area (Å²) in [5.74, 6) is 0. The van der Waals surface area contributed by atoms with E-state index in [9.17, 15) is 9.13 Å². The summed E-state index contributed by atoms with van der Waals surface area (Å²) in [4.78, 5) is 0. The summed E-state index contributed by atoms with van der Waals surface area (Å²) in [6.07, 6.45) is 0. The molecule has 12 heavy (non-hydrogen) atoms. The third kappa shape index (κ3) is 3.89. The van der Waals surface area contributed by atoms with Crippen molar-refractivity contribution >= 4 is 14.3 Å². The van der Waals surface area contributed by atoms with E-state index < -0.39 is 14.3 Å². The second kappa shape index (κ2) is 4.09. The molecule has 0 saturated heterocycles. The molecule has 0 bridgehead atoms. The first-order valence-corrected chi connectivity index (χ1v) is 9.12. The number of hydrogen-bond donors (Lipinski definition) is 0. The molecule has 0 aliphatic heterocycles. The monoisotopic (exact) mass is 212 g/mol. The number of rotatable bonds is 4. The predicted molar refractivity (Wildman–Crippen MR) is 54.6 cm³/mol. The summed E-state index contributed by atoms with van der Waals surface area (Å²) in [5, 5.41) is -0.282. The fourth-order valence-electron chi connectivity index (χ4n) is 1.18. The number of methoxy groups -OCH3 is 1. The highest BCUT2D eigenvalue weighted by atomic mass is 31.2. The molecular formula is C7H18O3P2. The van der Waals surface area contributed by atoms with Gasteiger partial charge in [0.1, 0.15) is 0 Å². The highest BCUT2D eigenvalue weighted by Crippen LogP contribution is 2.60. The Labute approximate surface area is 74.6 Å². The first-order valence-electron chi connectivity index (χ1n) is 3.78. The van der Waals surface area contributed by atoms with Crippen molar-refractivity contribution in [3.63, 3.8) is 0 Å². The average Bonchev–Trinajstić information content (AvgIpc) is 1.77. The molecular weight excluding hydrogens is 194 g/mol. The Morgan fingerprint density at radius 3 is 1.50 bits per heavy atom. The molecule has 0 radical (unpaired) electrons. The lowest BCUT2D eigenvalue weighted by Gasteiger charge is -2.24. The molecule has 0 rings (SSSR count). The minimum Gasteiger partial charge on any atom is -0.383 e. The Hall–Kier alpha value is 0.420. The molecule has 0 aliphatic rings. The molecule has 0 N–H and O–H groups in total. The van der Waals surface area contributed by atoms with Crippen LogP contribution in [-0.2, 0) is 13.9 Å². The fourth-order valence-corrected chi connectivity index (χ4v) is 7.55. The smallest absolute Gasteiger partial charge is 0.0941 e. The minimum atomic E-state index is -2.30. The van der Waals surface area contributed by atoms with Crippen LogP contribution in [0.1, 0.15) is 0 Å². The van der Waals surface area contributed by atoms with E-state index in [2.05, 4.69) is 0 Å². The summed E-state index contributed by atoms with van der Waals surface area (Å²) in [5.41, 5.74) is 0. The molecule has 0 heterocycles. The standard InChI is InChI=1S/C7H18O3P2/c1-10-6-7(11(2,3)8)12(4,5)9/h7H,6H2,1-5H3. The lowest BCUT2D eigenvalue weighted by Crippen LogP contribution is -2.14. The van der Waals surface area contributed by atoms with Crippen molar-refractivity contribution in [1.82, 2.24) is 0 Å². The predicted octanol–water partition coefficient (Wildman–Crippen LogP) is 2.20. The van der Waals surface area contributed by atoms with E-state index in [1.807, 2.05) is 0 Å². The fraction of sp³-hybridized carbons (Fsp3) is 1.00. The van der Waals surface area contributed by atoms with Gasteiger partial charge in [-0.3, -0.25) is 0 Å². The second-order valence-electron chi connectivity index (χ2n) is 3.80. The van der Waals surface area contributed by atoms with E-state index >= 15 is 0 Å². The first-order chi connectivity index (χ1) is 5.19. The van der Waals surface area contributed by atoms with E-state index in [0.717, 1.165) is 0 Å². The molecule has 0 fully saturated rings. The van der Waals surface area contributed by atoms with Gasteiger partial charge in [-0.05, 0) is 26.7 Å². The summed E-state index contributed by atoms with van der Waals surface area (Å²) in [7, 11) is -3.06. The topological polar surface area (TPSA) is 43.4 Å². The third-order valence-corrected chi connectivity index (χ3v) is 8.26. The molecule has 0 saturated carbocycles. The second-order valence-corrected chi connectivity index (χ2v) is 11.2. The van der Waals surface area contributed by atoms with Crippen LogP contribution in [0, 0.1) is 0 Å². The lowest BCUT2D eigenvalue weighted by molar-refractivity contribution is 0.210. The van der Waals surface area contributed by atoms with Crippen LogP contribution in [0.5, 0.6) is 0 Å². The summed E-state index contributed by atoms with van der Waals surface area (Å²) in [6.45, 7) is 6.98. The summed E-state index contributed by atoms with van der Waals surface area (Å²) < 4.78 is 28.3. The maximum absolute atomic E-state index is 11.7. The Morgan fingerprint density at radius 1 is 1.08 bits per heavy atom. The molecule has 0 aromatic rings. The Bertz CT molecular complexity index is 203. The van der Waals surface area contributed by atoms with Crippen LogP contribution < -0.4 is 0 Å². The van der Waals surface area contributed by atoms with Gasteiger partial charge in [0.05, 0.1) is 26.3 Å². The van der Waals surface area contributed by atoms with Crippen molar-refractivity contribution in [3.8, 4) is 0 Å². The molecule has 0 amide bonds. The van der Waals surface area contributed by atoms with Gasteiger partial charge >= 0.3 is 0 Å². The minimum absolute atomic E-state index is 0.282. The van der Waals surface area contributed by atoms with E-state index in [1.54, 1.807) is 33.8 Å². The van der Waals surface area contributed by atoms with Gasteiger partial charge in [0.15, 0.2) is 0 Å². The van der Waals surface area contributed by atoms with Crippen LogP contribution in [0.2, 0.25) is 0 Å². The van der Waals surface area contributed by atoms with Crippen molar-refractivity contribution in [1.29, 1.82) is 0 Å². The first kappa shape index (κ1) is 12.4. The van der Waals surface area contributed by atoms with Crippen LogP contribution in [0.15, 0.2) is 0 Å². The maximum atomic E-state index is 11.7. The maximum Gasteiger partial charge on any atom is 0.0941 e. The van der Waals surface area contributed by atoms with Gasteiger partial charge in [-0.25, -0.2) is 0 Å². The summed E-state index contributed by atoms with van der Waals surface area (Å²) in [6, 6.07) is 0. The van der Waals surface area contributed by atoms with E-state index in [0.29, 0.717) is 6.61 Å². The zero-order valence-corrected chi connectivity index (χ0v) is 10.2. The zero-order valence-electron chi connectivity index (χ0n) is 8.40. The molecule has 74 valence electrons. The van der Waals surface area contributed by atoms with Crippen LogP contribution in [-0.4, -0.2) is 45.8 Å². The molecule has 3 nitrogen and oxygen atoms in total. The van der Waals surface area contributed by atoms with Crippen LogP contribution >= 0.6 is 14.3 Å². The quantitative estimate of drug-likeness (QED) is 0.671. The molecule has 5 heteroatoms. The van der Waals surface area contributed by atoms with Crippen LogP contribution in [0.4, 0.5) is 0 Å². The molecule has 0 aromatic carbocycles. The Balaban J connectivity index is 4.70. The van der Waals surface area contributed by atoms with E-state index in [4.69, 9.17) is 4.74 Å². The molecule has 0 aliphatic carbocycles. The zero-order chi connectivity index (χ0) is 9.99. The van der Waals surface area contributed by atoms with E-state index in [1.165, 1.54) is 0 Å². The van der Waals surface area contributed by atoms with Gasteiger partial charge in [0.2, 0.25) is 0 Å². The number of ether oxygens (including phenoxy) is 1.